The fourth-order valence-electron chi connectivity index (χ4n) is 3.53. The molecule has 3 aromatic carbocycles. The van der Waals surface area contributed by atoms with Gasteiger partial charge in [0, 0.05) is 22.9 Å². The molecule has 0 saturated heterocycles. The lowest BCUT2D eigenvalue weighted by Gasteiger charge is -2.16. The van der Waals surface area contributed by atoms with E-state index in [2.05, 4.69) is 9.97 Å². The van der Waals surface area contributed by atoms with Gasteiger partial charge in [0.25, 0.3) is 0 Å². The van der Waals surface area contributed by atoms with Crippen molar-refractivity contribution in [3.8, 4) is 11.1 Å². The average Bonchev–Trinajstić information content (AvgIpc) is 2.77. The highest BCUT2D eigenvalue weighted by Crippen LogP contribution is 2.39. The first-order chi connectivity index (χ1) is 16.0. The first-order valence-corrected chi connectivity index (χ1v) is 9.75. The largest absolute Gasteiger partial charge is 0.417 e. The maximum atomic E-state index is 15.5. The number of ketones is 1. The number of hydrogen-bond acceptors (Lipinski definition) is 4. The van der Waals surface area contributed by atoms with E-state index in [1.54, 1.807) is 6.92 Å². The lowest BCUT2D eigenvalue weighted by atomic mass is 9.92. The Balaban J connectivity index is 1.91. The maximum Gasteiger partial charge on any atom is 0.417 e. The molecule has 1 aromatic heterocycles. The Hall–Kier alpha value is -4.21. The van der Waals surface area contributed by atoms with Crippen molar-refractivity contribution < 1.29 is 31.5 Å². The van der Waals surface area contributed by atoms with Gasteiger partial charge in [-0.3, -0.25) is 14.6 Å². The molecule has 0 bridgehead atoms. The fraction of sp³-hybridized carbons (Fsp3) is 0.0833. The Morgan fingerprint density at radius 2 is 1.59 bits per heavy atom. The van der Waals surface area contributed by atoms with Crippen LogP contribution in [0.3, 0.4) is 0 Å². The third-order valence-electron chi connectivity index (χ3n) is 5.14. The summed E-state index contributed by atoms with van der Waals surface area (Å²) < 4.78 is 70.9. The zero-order valence-electron chi connectivity index (χ0n) is 17.4. The van der Waals surface area contributed by atoms with E-state index in [4.69, 9.17) is 5.73 Å². The number of benzene rings is 3. The Morgan fingerprint density at radius 1 is 0.882 bits per heavy atom. The molecule has 0 atom stereocenters. The lowest BCUT2D eigenvalue weighted by molar-refractivity contribution is -0.137. The van der Waals surface area contributed by atoms with Crippen LogP contribution in [0.25, 0.3) is 22.2 Å². The summed E-state index contributed by atoms with van der Waals surface area (Å²) in [4.78, 5) is 32.9. The van der Waals surface area contributed by atoms with Crippen LogP contribution in [-0.4, -0.2) is 21.7 Å². The number of nitrogens with two attached hydrogens (primary N) is 1. The normalized spacial score (nSPS) is 11.6. The van der Waals surface area contributed by atoms with Crippen LogP contribution in [0, 0.1) is 18.6 Å². The second kappa shape index (κ2) is 8.29. The molecule has 1 heterocycles. The summed E-state index contributed by atoms with van der Waals surface area (Å²) in [6, 6.07) is 7.65. The highest BCUT2D eigenvalue weighted by atomic mass is 19.4. The van der Waals surface area contributed by atoms with Crippen LogP contribution in [0.4, 0.5) is 22.0 Å². The fourth-order valence-corrected chi connectivity index (χ4v) is 3.53. The predicted octanol–water partition coefficient (Wildman–Crippen LogP) is 5.23. The quantitative estimate of drug-likeness (QED) is 0.326. The summed E-state index contributed by atoms with van der Waals surface area (Å²) in [5, 5.41) is 0. The molecule has 4 rings (SSSR count). The van der Waals surface area contributed by atoms with Crippen molar-refractivity contribution in [3.05, 3.63) is 94.3 Å². The van der Waals surface area contributed by atoms with E-state index in [-0.39, 0.29) is 11.1 Å². The molecule has 0 spiro atoms. The van der Waals surface area contributed by atoms with E-state index in [0.29, 0.717) is 28.9 Å². The van der Waals surface area contributed by atoms with Crippen molar-refractivity contribution in [3.63, 3.8) is 0 Å². The third-order valence-corrected chi connectivity index (χ3v) is 5.14. The smallest absolute Gasteiger partial charge is 0.366 e. The number of carbonyl (C=O) groups is 2. The van der Waals surface area contributed by atoms with Crippen molar-refractivity contribution in [1.82, 2.24) is 9.97 Å². The van der Waals surface area contributed by atoms with Gasteiger partial charge in [0.15, 0.2) is 5.78 Å². The van der Waals surface area contributed by atoms with Crippen LogP contribution < -0.4 is 5.73 Å². The van der Waals surface area contributed by atoms with Gasteiger partial charge in [0.05, 0.1) is 27.9 Å². The molecule has 0 unspecified atom stereocenters. The summed E-state index contributed by atoms with van der Waals surface area (Å²) in [6.45, 7) is 1.67. The number of hydrogen-bond donors (Lipinski definition) is 1. The van der Waals surface area contributed by atoms with Crippen molar-refractivity contribution in [2.75, 3.05) is 0 Å². The number of aryl methyl sites for hydroxylation is 1. The van der Waals surface area contributed by atoms with E-state index in [0.717, 1.165) is 18.2 Å². The average molecular weight is 471 g/mol. The van der Waals surface area contributed by atoms with Gasteiger partial charge in [-0.25, -0.2) is 13.8 Å². The molecule has 0 aliphatic rings. The number of alkyl halides is 3. The summed E-state index contributed by atoms with van der Waals surface area (Å²) in [5.41, 5.74) is 2.20. The van der Waals surface area contributed by atoms with E-state index in [9.17, 15) is 27.2 Å². The summed E-state index contributed by atoms with van der Waals surface area (Å²) in [5.74, 6) is -4.91. The first-order valence-electron chi connectivity index (χ1n) is 9.75. The zero-order valence-corrected chi connectivity index (χ0v) is 17.4. The minimum absolute atomic E-state index is 0.135. The molecule has 0 radical (unpaired) electrons. The number of rotatable bonds is 4. The zero-order chi connectivity index (χ0) is 24.8. The number of primary amides is 1. The molecule has 0 aliphatic carbocycles. The molecule has 10 heteroatoms. The number of halogens is 5. The highest BCUT2D eigenvalue weighted by Gasteiger charge is 2.35. The number of aromatic nitrogens is 2. The monoisotopic (exact) mass is 471 g/mol. The third kappa shape index (κ3) is 4.09. The SMILES string of the molecule is Cc1cnc2ccc(C(=O)c3c(F)ccc(-c4cc(C(N)=O)ccc4C(F)(F)F)c3F)cc2n1. The van der Waals surface area contributed by atoms with Gasteiger partial charge in [0.1, 0.15) is 11.6 Å². The minimum atomic E-state index is -4.93. The van der Waals surface area contributed by atoms with Crippen molar-refractivity contribution in [2.45, 2.75) is 13.1 Å². The van der Waals surface area contributed by atoms with Crippen LogP contribution in [-0.2, 0) is 6.18 Å². The van der Waals surface area contributed by atoms with E-state index in [1.165, 1.54) is 24.4 Å². The minimum Gasteiger partial charge on any atom is -0.366 e. The maximum absolute atomic E-state index is 15.5. The number of nitrogens with zero attached hydrogens (tertiary/aromatic N) is 2. The first kappa shape index (κ1) is 23.0. The van der Waals surface area contributed by atoms with Gasteiger partial charge in [0.2, 0.25) is 5.91 Å². The van der Waals surface area contributed by atoms with Crippen LogP contribution >= 0.6 is 0 Å². The molecule has 34 heavy (non-hydrogen) atoms. The van der Waals surface area contributed by atoms with Crippen LogP contribution in [0.5, 0.6) is 0 Å². The van der Waals surface area contributed by atoms with Gasteiger partial charge < -0.3 is 5.73 Å². The summed E-state index contributed by atoms with van der Waals surface area (Å²) in [7, 11) is 0. The van der Waals surface area contributed by atoms with Crippen molar-refractivity contribution in [2.24, 2.45) is 5.73 Å². The molecule has 0 fully saturated rings. The Labute approximate surface area is 189 Å². The van der Waals surface area contributed by atoms with Crippen LogP contribution in [0.15, 0.2) is 54.7 Å². The Kier molecular flexibility index (Phi) is 5.60. The lowest BCUT2D eigenvalue weighted by Crippen LogP contribution is -2.14. The molecular weight excluding hydrogens is 457 g/mol. The van der Waals surface area contributed by atoms with E-state index < -0.39 is 51.8 Å². The molecule has 0 saturated carbocycles. The molecule has 1 amide bonds. The van der Waals surface area contributed by atoms with E-state index >= 15 is 4.39 Å². The van der Waals surface area contributed by atoms with Gasteiger partial charge in [-0.2, -0.15) is 13.2 Å². The highest BCUT2D eigenvalue weighted by molar-refractivity contribution is 6.11. The van der Waals surface area contributed by atoms with Crippen molar-refractivity contribution >= 4 is 22.7 Å². The van der Waals surface area contributed by atoms with Gasteiger partial charge >= 0.3 is 6.18 Å². The standard InChI is InChI=1S/C24H14F5N3O2/c1-11-10-31-18-7-3-12(9-19(18)32-11)22(33)20-17(25)6-4-14(21(20)26)15-8-13(23(30)34)2-5-16(15)24(27,28)29/h2-10H,1H3,(H2,30,34). The Morgan fingerprint density at radius 3 is 2.26 bits per heavy atom. The van der Waals surface area contributed by atoms with E-state index in [1.807, 2.05) is 0 Å². The molecule has 4 aromatic rings. The molecule has 172 valence electrons. The number of carbonyl (C=O) groups excluding carboxylic acids is 2. The summed E-state index contributed by atoms with van der Waals surface area (Å²) in [6.07, 6.45) is -3.42. The number of amides is 1. The molecule has 5 nitrogen and oxygen atoms in total. The van der Waals surface area contributed by atoms with Gasteiger partial charge in [-0.1, -0.05) is 0 Å². The molecular formula is C24H14F5N3O2. The second-order valence-electron chi connectivity index (χ2n) is 7.45. The number of fused-ring (bicyclic) bond motifs is 1. The van der Waals surface area contributed by atoms with Crippen molar-refractivity contribution in [1.29, 1.82) is 0 Å². The van der Waals surface area contributed by atoms with Gasteiger partial charge in [-0.05, 0) is 61.0 Å². The molecule has 0 aliphatic heterocycles. The topological polar surface area (TPSA) is 85.9 Å². The second-order valence-corrected chi connectivity index (χ2v) is 7.45. The predicted molar refractivity (Wildman–Crippen MR) is 113 cm³/mol. The van der Waals surface area contributed by atoms with Crippen LogP contribution in [0.2, 0.25) is 0 Å². The van der Waals surface area contributed by atoms with Gasteiger partial charge in [-0.15, -0.1) is 0 Å². The van der Waals surface area contributed by atoms with Crippen LogP contribution in [0.1, 0.15) is 37.5 Å². The summed E-state index contributed by atoms with van der Waals surface area (Å²) >= 11 is 0. The molecule has 2 N–H and O–H groups in total. The Bertz CT molecular complexity index is 1480.